The van der Waals surface area contributed by atoms with Crippen molar-refractivity contribution in [2.75, 3.05) is 44.4 Å². The van der Waals surface area contributed by atoms with Crippen LogP contribution in [-0.4, -0.2) is 53.5 Å². The van der Waals surface area contributed by atoms with Gasteiger partial charge in [0, 0.05) is 37.8 Å². The molecule has 9 heteroatoms. The van der Waals surface area contributed by atoms with Gasteiger partial charge in [0.2, 0.25) is 10.0 Å². The lowest BCUT2D eigenvalue weighted by atomic mass is 10.3. The van der Waals surface area contributed by atoms with Crippen LogP contribution in [0.1, 0.15) is 19.8 Å². The van der Waals surface area contributed by atoms with Gasteiger partial charge in [-0.2, -0.15) is 0 Å². The number of benzene rings is 1. The fourth-order valence-corrected chi connectivity index (χ4v) is 2.73. The van der Waals surface area contributed by atoms with Crippen LogP contribution in [0.5, 0.6) is 11.5 Å². The van der Waals surface area contributed by atoms with Gasteiger partial charge >= 0.3 is 0 Å². The van der Waals surface area contributed by atoms with Crippen molar-refractivity contribution < 1.29 is 17.9 Å². The topological polar surface area (TPSA) is 101 Å². The molecule has 0 unspecified atom stereocenters. The maximum atomic E-state index is 11.0. The average Bonchev–Trinajstić information content (AvgIpc) is 2.78. The van der Waals surface area contributed by atoms with Gasteiger partial charge < -0.3 is 20.1 Å². The highest BCUT2D eigenvalue weighted by Gasteiger charge is 2.11. The summed E-state index contributed by atoms with van der Waals surface area (Å²) in [5.41, 5.74) is 0.846. The molecule has 0 aromatic heterocycles. The van der Waals surface area contributed by atoms with E-state index in [9.17, 15) is 8.42 Å². The molecule has 0 atom stereocenters. The molecule has 0 amide bonds. The van der Waals surface area contributed by atoms with Crippen LogP contribution in [-0.2, 0) is 10.0 Å². The van der Waals surface area contributed by atoms with Gasteiger partial charge in [-0.3, -0.25) is 4.99 Å². The zero-order chi connectivity index (χ0) is 18.1. The summed E-state index contributed by atoms with van der Waals surface area (Å²) >= 11 is 0. The van der Waals surface area contributed by atoms with Crippen LogP contribution in [0, 0.1) is 0 Å². The number of aliphatic imine (C=N–C) groups is 1. The summed E-state index contributed by atoms with van der Waals surface area (Å²) in [4.78, 5) is 4.45. The third kappa shape index (κ3) is 7.18. The standard InChI is InChI=1S/C16H26N4O4S/c1-3-17-16(18-8-4-9-19-25(2,21)22)20-13-6-7-14-15(12-13)24-11-5-10-23-14/h6-7,12,19H,3-5,8-11H2,1-2H3,(H2,17,18,20). The van der Waals surface area contributed by atoms with Gasteiger partial charge in [-0.15, -0.1) is 0 Å². The van der Waals surface area contributed by atoms with Crippen molar-refractivity contribution in [3.63, 3.8) is 0 Å². The molecule has 2 rings (SSSR count). The summed E-state index contributed by atoms with van der Waals surface area (Å²) in [5.74, 6) is 2.10. The second-order valence-corrected chi connectivity index (χ2v) is 7.45. The van der Waals surface area contributed by atoms with E-state index in [0.717, 1.165) is 36.4 Å². The van der Waals surface area contributed by atoms with Crippen LogP contribution < -0.4 is 24.8 Å². The second-order valence-electron chi connectivity index (χ2n) is 5.62. The number of rotatable bonds is 7. The first-order valence-corrected chi connectivity index (χ1v) is 10.3. The quantitative estimate of drug-likeness (QED) is 0.378. The number of ether oxygens (including phenoxy) is 2. The first-order valence-electron chi connectivity index (χ1n) is 8.37. The first kappa shape index (κ1) is 19.3. The Labute approximate surface area is 149 Å². The smallest absolute Gasteiger partial charge is 0.208 e. The fraction of sp³-hybridized carbons (Fsp3) is 0.562. The van der Waals surface area contributed by atoms with Gasteiger partial charge in [0.25, 0.3) is 0 Å². The van der Waals surface area contributed by atoms with Gasteiger partial charge in [-0.25, -0.2) is 13.1 Å². The minimum Gasteiger partial charge on any atom is -0.490 e. The van der Waals surface area contributed by atoms with Crippen molar-refractivity contribution in [1.29, 1.82) is 0 Å². The predicted octanol–water partition coefficient (Wildman–Crippen LogP) is 1.16. The lowest BCUT2D eigenvalue weighted by Gasteiger charge is -2.13. The molecule has 25 heavy (non-hydrogen) atoms. The van der Waals surface area contributed by atoms with Crippen LogP contribution in [0.25, 0.3) is 0 Å². The van der Waals surface area contributed by atoms with Crippen molar-refractivity contribution in [2.24, 2.45) is 4.99 Å². The maximum Gasteiger partial charge on any atom is 0.208 e. The van der Waals surface area contributed by atoms with Crippen LogP contribution in [0.2, 0.25) is 0 Å². The summed E-state index contributed by atoms with van der Waals surface area (Å²) in [6.07, 6.45) is 2.62. The van der Waals surface area contributed by atoms with Gasteiger partial charge in [0.05, 0.1) is 19.5 Å². The highest BCUT2D eigenvalue weighted by molar-refractivity contribution is 7.88. The van der Waals surface area contributed by atoms with Crippen LogP contribution in [0.15, 0.2) is 23.2 Å². The molecule has 0 saturated carbocycles. The first-order chi connectivity index (χ1) is 12.0. The van der Waals surface area contributed by atoms with E-state index < -0.39 is 10.0 Å². The molecule has 1 aliphatic heterocycles. The molecule has 1 aromatic carbocycles. The summed E-state index contributed by atoms with van der Waals surface area (Å²) in [6, 6.07) is 5.67. The molecular formula is C16H26N4O4S. The molecule has 0 radical (unpaired) electrons. The fourth-order valence-electron chi connectivity index (χ4n) is 2.21. The number of sulfonamides is 1. The number of nitrogens with zero attached hydrogens (tertiary/aromatic N) is 1. The Morgan fingerprint density at radius 3 is 2.72 bits per heavy atom. The van der Waals surface area contributed by atoms with Crippen LogP contribution in [0.4, 0.5) is 5.69 Å². The number of guanidine groups is 1. The van der Waals surface area contributed by atoms with E-state index in [0.29, 0.717) is 38.7 Å². The number of hydrogen-bond donors (Lipinski definition) is 3. The lowest BCUT2D eigenvalue weighted by molar-refractivity contribution is 0.297. The maximum absolute atomic E-state index is 11.0. The third-order valence-corrected chi connectivity index (χ3v) is 4.05. The zero-order valence-corrected chi connectivity index (χ0v) is 15.5. The molecule has 0 bridgehead atoms. The lowest BCUT2D eigenvalue weighted by Crippen LogP contribution is -2.31. The van der Waals surface area contributed by atoms with Gasteiger partial charge in [-0.05, 0) is 25.5 Å². The van der Waals surface area contributed by atoms with E-state index in [1.807, 2.05) is 25.1 Å². The Kier molecular flexibility index (Phi) is 7.32. The molecule has 140 valence electrons. The van der Waals surface area contributed by atoms with E-state index in [-0.39, 0.29) is 0 Å². The molecule has 8 nitrogen and oxygen atoms in total. The van der Waals surface area contributed by atoms with Crippen molar-refractivity contribution in [3.8, 4) is 11.5 Å². The third-order valence-electron chi connectivity index (χ3n) is 3.32. The van der Waals surface area contributed by atoms with E-state index in [2.05, 4.69) is 20.3 Å². The molecule has 1 aromatic rings. The van der Waals surface area contributed by atoms with E-state index in [1.165, 1.54) is 0 Å². The van der Waals surface area contributed by atoms with Crippen LogP contribution >= 0.6 is 0 Å². The Balaban J connectivity index is 1.93. The molecule has 0 aliphatic carbocycles. The molecule has 3 N–H and O–H groups in total. The summed E-state index contributed by atoms with van der Waals surface area (Å²) < 4.78 is 35.8. The molecule has 0 saturated heterocycles. The van der Waals surface area contributed by atoms with Gasteiger partial charge in [0.15, 0.2) is 17.5 Å². The van der Waals surface area contributed by atoms with Crippen molar-refractivity contribution in [1.82, 2.24) is 10.0 Å². The molecule has 0 fully saturated rings. The number of anilines is 1. The largest absolute Gasteiger partial charge is 0.490 e. The Hall–Kier alpha value is -2.00. The van der Waals surface area contributed by atoms with Gasteiger partial charge in [0.1, 0.15) is 0 Å². The summed E-state index contributed by atoms with van der Waals surface area (Å²) in [6.45, 7) is 4.87. The highest BCUT2D eigenvalue weighted by Crippen LogP contribution is 2.32. The number of fused-ring (bicyclic) bond motifs is 1. The molecule has 0 spiro atoms. The highest BCUT2D eigenvalue weighted by atomic mass is 32.2. The summed E-state index contributed by atoms with van der Waals surface area (Å²) in [7, 11) is -3.15. The Bertz CT molecular complexity index is 691. The zero-order valence-electron chi connectivity index (χ0n) is 14.7. The predicted molar refractivity (Wildman–Crippen MR) is 99.1 cm³/mol. The minimum atomic E-state index is -3.15. The average molecular weight is 370 g/mol. The van der Waals surface area contributed by atoms with E-state index in [4.69, 9.17) is 9.47 Å². The molecular weight excluding hydrogens is 344 g/mol. The normalized spacial score (nSPS) is 14.7. The number of hydrogen-bond acceptors (Lipinski definition) is 5. The van der Waals surface area contributed by atoms with Crippen molar-refractivity contribution in [3.05, 3.63) is 18.2 Å². The molecule has 1 aliphatic rings. The van der Waals surface area contributed by atoms with Crippen molar-refractivity contribution in [2.45, 2.75) is 19.8 Å². The van der Waals surface area contributed by atoms with Crippen molar-refractivity contribution >= 4 is 21.7 Å². The van der Waals surface area contributed by atoms with Crippen LogP contribution in [0.3, 0.4) is 0 Å². The minimum absolute atomic E-state index is 0.367. The Morgan fingerprint density at radius 2 is 2.00 bits per heavy atom. The number of nitrogens with one attached hydrogen (secondary N) is 3. The van der Waals surface area contributed by atoms with E-state index in [1.54, 1.807) is 0 Å². The Morgan fingerprint density at radius 1 is 1.24 bits per heavy atom. The van der Waals surface area contributed by atoms with Gasteiger partial charge in [-0.1, -0.05) is 0 Å². The second kappa shape index (κ2) is 9.47. The molecule has 1 heterocycles. The SMILES string of the molecule is CCNC(=NCCCNS(C)(=O)=O)Nc1ccc2c(c1)OCCCO2. The monoisotopic (exact) mass is 370 g/mol. The van der Waals surface area contributed by atoms with E-state index >= 15 is 0 Å². The summed E-state index contributed by atoms with van der Waals surface area (Å²) in [5, 5.41) is 6.38.